The summed E-state index contributed by atoms with van der Waals surface area (Å²) in [6.07, 6.45) is 1.57. The van der Waals surface area contributed by atoms with Crippen LogP contribution in [0.15, 0.2) is 36.5 Å². The first kappa shape index (κ1) is 18.2. The van der Waals surface area contributed by atoms with Crippen molar-refractivity contribution in [2.75, 3.05) is 6.54 Å². The van der Waals surface area contributed by atoms with Gasteiger partial charge in [0, 0.05) is 16.3 Å². The number of halogens is 4. The summed E-state index contributed by atoms with van der Waals surface area (Å²) in [7, 11) is 0. The number of pyridine rings is 1. The lowest BCUT2D eigenvalue weighted by molar-refractivity contribution is -0.192. The Balaban J connectivity index is 2.61. The van der Waals surface area contributed by atoms with Crippen molar-refractivity contribution in [3.8, 4) is 0 Å². The van der Waals surface area contributed by atoms with E-state index in [-0.39, 0.29) is 17.5 Å². The number of nitrogens with two attached hydrogens (primary N) is 1. The van der Waals surface area contributed by atoms with Gasteiger partial charge in [0.15, 0.2) is 5.60 Å². The van der Waals surface area contributed by atoms with E-state index >= 15 is 0 Å². The molecule has 0 spiro atoms. The quantitative estimate of drug-likeness (QED) is 0.708. The molecule has 0 saturated heterocycles. The number of rotatable bonds is 5. The molecule has 3 N–H and O–H groups in total. The van der Waals surface area contributed by atoms with Crippen molar-refractivity contribution < 1.29 is 18.3 Å². The van der Waals surface area contributed by atoms with Crippen LogP contribution in [0.4, 0.5) is 13.2 Å². The Morgan fingerprint density at radius 3 is 2.48 bits per heavy atom. The maximum atomic E-state index is 15.0. The number of aromatic nitrogens is 1. The summed E-state index contributed by atoms with van der Waals surface area (Å²) in [4.78, 5) is 3.72. The first-order valence-electron chi connectivity index (χ1n) is 6.97. The van der Waals surface area contributed by atoms with Crippen molar-refractivity contribution in [2.45, 2.75) is 24.9 Å². The van der Waals surface area contributed by atoms with Crippen LogP contribution >= 0.6 is 22.6 Å². The summed E-state index contributed by atoms with van der Waals surface area (Å²) < 4.78 is 44.0. The summed E-state index contributed by atoms with van der Waals surface area (Å²) in [5.74, 6) is -4.28. The molecule has 0 fully saturated rings. The molecule has 7 heteroatoms. The predicted molar refractivity (Wildman–Crippen MR) is 89.6 cm³/mol. The molecular formula is C16H16F3IN2O. The highest BCUT2D eigenvalue weighted by Gasteiger charge is 2.56. The van der Waals surface area contributed by atoms with Crippen LogP contribution in [0.3, 0.4) is 0 Å². The van der Waals surface area contributed by atoms with Crippen LogP contribution in [-0.2, 0) is 17.9 Å². The maximum absolute atomic E-state index is 15.0. The Kier molecular flexibility index (Phi) is 5.32. The lowest BCUT2D eigenvalue weighted by Crippen LogP contribution is -2.50. The van der Waals surface area contributed by atoms with E-state index in [1.165, 1.54) is 12.3 Å². The molecule has 0 saturated carbocycles. The molecule has 1 aromatic heterocycles. The van der Waals surface area contributed by atoms with Crippen molar-refractivity contribution in [2.24, 2.45) is 5.73 Å². The van der Waals surface area contributed by atoms with Crippen LogP contribution < -0.4 is 5.73 Å². The van der Waals surface area contributed by atoms with Crippen molar-refractivity contribution in [3.05, 3.63) is 62.7 Å². The molecule has 23 heavy (non-hydrogen) atoms. The molecule has 2 aromatic rings. The van der Waals surface area contributed by atoms with Gasteiger partial charge in [0.2, 0.25) is 0 Å². The second kappa shape index (κ2) is 6.74. The van der Waals surface area contributed by atoms with Gasteiger partial charge < -0.3 is 10.8 Å². The second-order valence-electron chi connectivity index (χ2n) is 5.16. The number of alkyl halides is 2. The van der Waals surface area contributed by atoms with Gasteiger partial charge in [-0.25, -0.2) is 4.39 Å². The lowest BCUT2D eigenvalue weighted by Gasteiger charge is -2.36. The van der Waals surface area contributed by atoms with Crippen LogP contribution in [0.5, 0.6) is 0 Å². The zero-order valence-electron chi connectivity index (χ0n) is 12.4. The number of hydrogen-bond donors (Lipinski definition) is 2. The standard InChI is InChI=1S/C16H16F3IN2O/c1-2-10-7-11(17)3-5-13(10)15(23,9-21)16(18,19)14-6-4-12(20)8-22-14/h3-8,23H,2,9,21H2,1H3. The van der Waals surface area contributed by atoms with Crippen LogP contribution in [-0.4, -0.2) is 16.6 Å². The minimum absolute atomic E-state index is 0.0887. The SMILES string of the molecule is CCc1cc(F)ccc1C(O)(CN)C(F)(F)c1ccc(I)cn1. The maximum Gasteiger partial charge on any atom is 0.323 e. The molecule has 0 aliphatic heterocycles. The van der Waals surface area contributed by atoms with Crippen molar-refractivity contribution in [1.29, 1.82) is 0 Å². The summed E-state index contributed by atoms with van der Waals surface area (Å²) in [5.41, 5.74) is 2.43. The molecule has 0 amide bonds. The third-order valence-electron chi connectivity index (χ3n) is 3.76. The van der Waals surface area contributed by atoms with Gasteiger partial charge in [-0.05, 0) is 64.4 Å². The van der Waals surface area contributed by atoms with Crippen molar-refractivity contribution in [1.82, 2.24) is 4.98 Å². The summed E-state index contributed by atoms with van der Waals surface area (Å²) in [5, 5.41) is 10.7. The Labute approximate surface area is 145 Å². The molecule has 0 aliphatic carbocycles. The van der Waals surface area contributed by atoms with E-state index in [2.05, 4.69) is 4.98 Å². The predicted octanol–water partition coefficient (Wildman–Crippen LogP) is 3.33. The largest absolute Gasteiger partial charge is 0.377 e. The molecule has 2 rings (SSSR count). The molecular weight excluding hydrogens is 420 g/mol. The molecule has 1 atom stereocenters. The number of nitrogens with zero attached hydrogens (tertiary/aromatic N) is 1. The molecule has 3 nitrogen and oxygen atoms in total. The van der Waals surface area contributed by atoms with Gasteiger partial charge in [0.05, 0.1) is 0 Å². The van der Waals surface area contributed by atoms with E-state index in [1.807, 2.05) is 22.6 Å². The number of benzene rings is 1. The summed E-state index contributed by atoms with van der Waals surface area (Å²) in [6, 6.07) is 5.94. The first-order chi connectivity index (χ1) is 10.8. The van der Waals surface area contributed by atoms with Gasteiger partial charge in [-0.15, -0.1) is 0 Å². The van der Waals surface area contributed by atoms with Gasteiger partial charge in [-0.1, -0.05) is 13.0 Å². The second-order valence-corrected chi connectivity index (χ2v) is 6.40. The fourth-order valence-electron chi connectivity index (χ4n) is 2.44. The van der Waals surface area contributed by atoms with Crippen LogP contribution in [0.25, 0.3) is 0 Å². The Bertz CT molecular complexity index is 694. The number of aliphatic hydroxyl groups is 1. The van der Waals surface area contributed by atoms with E-state index in [0.717, 1.165) is 24.3 Å². The third kappa shape index (κ3) is 3.22. The minimum Gasteiger partial charge on any atom is -0.377 e. The molecule has 0 radical (unpaired) electrons. The summed E-state index contributed by atoms with van der Waals surface area (Å²) in [6.45, 7) is 0.961. The highest BCUT2D eigenvalue weighted by atomic mass is 127. The van der Waals surface area contributed by atoms with Gasteiger partial charge in [0.25, 0.3) is 0 Å². The fourth-order valence-corrected chi connectivity index (χ4v) is 2.76. The average molecular weight is 436 g/mol. The van der Waals surface area contributed by atoms with E-state index in [4.69, 9.17) is 5.73 Å². The topological polar surface area (TPSA) is 59.1 Å². The van der Waals surface area contributed by atoms with Gasteiger partial charge in [0.1, 0.15) is 11.5 Å². The normalized spacial score (nSPS) is 14.6. The zero-order chi connectivity index (χ0) is 17.3. The van der Waals surface area contributed by atoms with E-state index in [0.29, 0.717) is 3.57 Å². The number of aryl methyl sites for hydroxylation is 1. The zero-order valence-corrected chi connectivity index (χ0v) is 14.5. The molecule has 0 bridgehead atoms. The highest BCUT2D eigenvalue weighted by molar-refractivity contribution is 14.1. The lowest BCUT2D eigenvalue weighted by atomic mass is 9.82. The van der Waals surface area contributed by atoms with Crippen molar-refractivity contribution in [3.63, 3.8) is 0 Å². The van der Waals surface area contributed by atoms with Crippen molar-refractivity contribution >= 4 is 22.6 Å². The van der Waals surface area contributed by atoms with Gasteiger partial charge in [-0.2, -0.15) is 8.78 Å². The third-order valence-corrected chi connectivity index (χ3v) is 4.40. The Morgan fingerprint density at radius 2 is 1.96 bits per heavy atom. The van der Waals surface area contributed by atoms with E-state index in [9.17, 15) is 18.3 Å². The molecule has 1 heterocycles. The fraction of sp³-hybridized carbons (Fsp3) is 0.312. The first-order valence-corrected chi connectivity index (χ1v) is 8.05. The minimum atomic E-state index is -3.73. The Hall–Kier alpha value is -1.19. The van der Waals surface area contributed by atoms with Gasteiger partial charge >= 0.3 is 5.92 Å². The highest BCUT2D eigenvalue weighted by Crippen LogP contribution is 2.45. The van der Waals surface area contributed by atoms with Gasteiger partial charge in [-0.3, -0.25) is 4.98 Å². The summed E-state index contributed by atoms with van der Waals surface area (Å²) >= 11 is 1.95. The molecule has 1 aromatic carbocycles. The Morgan fingerprint density at radius 1 is 1.26 bits per heavy atom. The smallest absolute Gasteiger partial charge is 0.323 e. The van der Waals surface area contributed by atoms with Crippen LogP contribution in [0, 0.1) is 9.39 Å². The number of hydrogen-bond acceptors (Lipinski definition) is 3. The van der Waals surface area contributed by atoms with E-state index in [1.54, 1.807) is 6.92 Å². The van der Waals surface area contributed by atoms with Crippen LogP contribution in [0.1, 0.15) is 23.7 Å². The molecule has 124 valence electrons. The molecule has 0 aliphatic rings. The van der Waals surface area contributed by atoms with E-state index < -0.39 is 29.6 Å². The van der Waals surface area contributed by atoms with Crippen LogP contribution in [0.2, 0.25) is 0 Å². The molecule has 1 unspecified atom stereocenters. The average Bonchev–Trinajstić information content (AvgIpc) is 2.54. The monoisotopic (exact) mass is 436 g/mol.